The molecule has 0 aliphatic carbocycles. The lowest BCUT2D eigenvalue weighted by atomic mass is 9.97. The third kappa shape index (κ3) is 7.42. The zero-order valence-corrected chi connectivity index (χ0v) is 28.7. The van der Waals surface area contributed by atoms with Gasteiger partial charge in [0.25, 0.3) is 5.56 Å². The number of nitrogens with two attached hydrogens (primary N) is 1. The van der Waals surface area contributed by atoms with Crippen molar-refractivity contribution in [2.75, 3.05) is 39.1 Å². The number of morpholine rings is 1. The van der Waals surface area contributed by atoms with Gasteiger partial charge in [0.2, 0.25) is 5.91 Å². The number of unbranched alkanes of at least 4 members (excludes halogenated alkanes) is 1. The molecule has 1 aliphatic heterocycles. The molecule has 13 heteroatoms. The van der Waals surface area contributed by atoms with E-state index in [4.69, 9.17) is 25.3 Å². The van der Waals surface area contributed by atoms with Gasteiger partial charge in [-0.25, -0.2) is 19.6 Å². The Morgan fingerprint density at radius 3 is 2.69 bits per heavy atom. The van der Waals surface area contributed by atoms with Crippen molar-refractivity contribution in [1.29, 1.82) is 0 Å². The molecule has 6 aromatic rings. The van der Waals surface area contributed by atoms with Crippen molar-refractivity contribution in [2.24, 2.45) is 0 Å². The number of rotatable bonds is 10. The van der Waals surface area contributed by atoms with Crippen LogP contribution in [0.4, 0.5) is 5.82 Å². The fourth-order valence-corrected chi connectivity index (χ4v) is 6.48. The number of carbonyl (C=O) groups is 1. The average molecular weight is 699 g/mol. The van der Waals surface area contributed by atoms with Crippen molar-refractivity contribution in [3.63, 3.8) is 0 Å². The van der Waals surface area contributed by atoms with Crippen molar-refractivity contribution in [3.8, 4) is 34.6 Å². The number of carbonyl (C=O) groups excluding carboxylic acids is 1. The quantitative estimate of drug-likeness (QED) is 0.137. The van der Waals surface area contributed by atoms with Crippen LogP contribution in [0.5, 0.6) is 11.5 Å². The number of hydrogen-bond donors (Lipinski definition) is 3. The molecule has 1 aliphatic rings. The van der Waals surface area contributed by atoms with Gasteiger partial charge in [0.05, 0.1) is 43.2 Å². The number of aromatic nitrogens is 6. The Hall–Kier alpha value is -6.26. The summed E-state index contributed by atoms with van der Waals surface area (Å²) < 4.78 is 12.6. The molecule has 0 radical (unpaired) electrons. The number of nitrogens with one attached hydrogen (secondary N) is 1. The number of aromatic hydroxyl groups is 1. The number of fused-ring (bicyclic) bond motifs is 2. The van der Waals surface area contributed by atoms with E-state index in [0.29, 0.717) is 103 Å². The SMILES string of the molecule is COc1cccc(CC(Cn2nc(-c3ccc(O)cc3)c3c(N)ncnc32)c2nc3cccc(C#CCCCC(=O)N4CCOCC4)c3c(=O)[nH]2)c1. The Bertz CT molecular complexity index is 2350. The highest BCUT2D eigenvalue weighted by Gasteiger charge is 2.24. The van der Waals surface area contributed by atoms with Crippen molar-refractivity contribution in [1.82, 2.24) is 34.6 Å². The Kier molecular flexibility index (Phi) is 10.1. The van der Waals surface area contributed by atoms with Gasteiger partial charge in [-0.1, -0.05) is 30.0 Å². The van der Waals surface area contributed by atoms with Crippen molar-refractivity contribution in [2.45, 2.75) is 38.1 Å². The predicted octanol–water partition coefficient (Wildman–Crippen LogP) is 4.43. The molecule has 4 heterocycles. The first kappa shape index (κ1) is 34.2. The Morgan fingerprint density at radius 1 is 1.08 bits per heavy atom. The molecular weight excluding hydrogens is 660 g/mol. The summed E-state index contributed by atoms with van der Waals surface area (Å²) in [6.45, 7) is 2.69. The number of hydrogen-bond acceptors (Lipinski definition) is 10. The Balaban J connectivity index is 1.21. The van der Waals surface area contributed by atoms with Gasteiger partial charge in [0.15, 0.2) is 5.65 Å². The maximum atomic E-state index is 13.8. The third-order valence-corrected chi connectivity index (χ3v) is 9.13. The van der Waals surface area contributed by atoms with E-state index in [1.54, 1.807) is 36.1 Å². The van der Waals surface area contributed by atoms with Crippen LogP contribution < -0.4 is 16.0 Å². The molecule has 0 bridgehead atoms. The van der Waals surface area contributed by atoms with E-state index in [0.717, 1.165) is 11.1 Å². The fourth-order valence-electron chi connectivity index (χ4n) is 6.48. The minimum Gasteiger partial charge on any atom is -0.508 e. The van der Waals surface area contributed by atoms with Crippen LogP contribution in [0.1, 0.15) is 42.1 Å². The zero-order valence-electron chi connectivity index (χ0n) is 28.7. The number of phenolic OH excluding ortho intramolecular Hbond substituents is 1. The van der Waals surface area contributed by atoms with Crippen LogP contribution in [0.25, 0.3) is 33.2 Å². The minimum absolute atomic E-state index is 0.113. The maximum absolute atomic E-state index is 13.8. The number of benzene rings is 3. The Morgan fingerprint density at radius 2 is 1.88 bits per heavy atom. The normalized spacial score (nSPS) is 13.5. The number of amides is 1. The van der Waals surface area contributed by atoms with E-state index in [1.807, 2.05) is 47.4 Å². The van der Waals surface area contributed by atoms with E-state index >= 15 is 0 Å². The number of phenols is 1. The van der Waals surface area contributed by atoms with Gasteiger partial charge in [0, 0.05) is 43.0 Å². The summed E-state index contributed by atoms with van der Waals surface area (Å²) in [6, 6.07) is 19.9. The van der Waals surface area contributed by atoms with Gasteiger partial charge in [-0.05, 0) is 66.9 Å². The van der Waals surface area contributed by atoms with Crippen LogP contribution in [0.2, 0.25) is 0 Å². The second kappa shape index (κ2) is 15.3. The van der Waals surface area contributed by atoms with Crippen LogP contribution in [0, 0.1) is 11.8 Å². The highest BCUT2D eigenvalue weighted by molar-refractivity contribution is 5.98. The van der Waals surface area contributed by atoms with Crippen LogP contribution in [0.3, 0.4) is 0 Å². The molecule has 3 aromatic heterocycles. The standard InChI is InChI=1S/C39H38N8O5/c1-51-30-10-5-7-25(22-30)21-28(23-47-38-34(36(40)41-24-42-38)35(45-47)27-13-15-29(48)16-14-27)37-43-31-11-6-9-26(33(31)39(50)44-37)8-3-2-4-12-32(49)46-17-19-52-20-18-46/h5-7,9-11,13-16,22,24,28,48H,2,4,12,17-21,23H2,1H3,(H2,40,41,42)(H,43,44,50). The number of anilines is 1. The number of nitrogens with zero attached hydrogens (tertiary/aromatic N) is 6. The Labute approximate surface area is 299 Å². The molecule has 52 heavy (non-hydrogen) atoms. The smallest absolute Gasteiger partial charge is 0.260 e. The molecule has 0 saturated carbocycles. The second-order valence-electron chi connectivity index (χ2n) is 12.6. The van der Waals surface area contributed by atoms with Gasteiger partial charge >= 0.3 is 0 Å². The first-order valence-electron chi connectivity index (χ1n) is 17.1. The molecule has 4 N–H and O–H groups in total. The molecule has 0 spiro atoms. The van der Waals surface area contributed by atoms with Crippen LogP contribution in [-0.2, 0) is 22.5 Å². The van der Waals surface area contributed by atoms with Gasteiger partial charge < -0.3 is 30.2 Å². The molecule has 1 atom stereocenters. The van der Waals surface area contributed by atoms with E-state index in [2.05, 4.69) is 26.8 Å². The van der Waals surface area contributed by atoms with Gasteiger partial charge in [0.1, 0.15) is 35.2 Å². The summed E-state index contributed by atoms with van der Waals surface area (Å²) in [5.74, 6) is 7.64. The lowest BCUT2D eigenvalue weighted by Crippen LogP contribution is -2.40. The summed E-state index contributed by atoms with van der Waals surface area (Å²) in [5, 5.41) is 15.8. The van der Waals surface area contributed by atoms with Gasteiger partial charge in [-0.15, -0.1) is 0 Å². The van der Waals surface area contributed by atoms with Gasteiger partial charge in [-0.2, -0.15) is 5.10 Å². The van der Waals surface area contributed by atoms with Crippen LogP contribution in [-0.4, -0.2) is 79.0 Å². The highest BCUT2D eigenvalue weighted by Crippen LogP contribution is 2.33. The highest BCUT2D eigenvalue weighted by atomic mass is 16.5. The molecule has 264 valence electrons. The van der Waals surface area contributed by atoms with E-state index in [1.165, 1.54) is 6.33 Å². The molecule has 1 unspecified atom stereocenters. The third-order valence-electron chi connectivity index (χ3n) is 9.13. The lowest BCUT2D eigenvalue weighted by molar-refractivity contribution is -0.135. The first-order chi connectivity index (χ1) is 25.4. The van der Waals surface area contributed by atoms with Crippen LogP contribution in [0.15, 0.2) is 77.9 Å². The number of ether oxygens (including phenoxy) is 2. The molecule has 1 saturated heterocycles. The molecule has 7 rings (SSSR count). The minimum atomic E-state index is -0.366. The van der Waals surface area contributed by atoms with Crippen molar-refractivity contribution >= 4 is 33.7 Å². The summed E-state index contributed by atoms with van der Waals surface area (Å²) in [4.78, 5) is 45.0. The molecule has 13 nitrogen and oxygen atoms in total. The average Bonchev–Trinajstić information content (AvgIpc) is 3.54. The topological polar surface area (TPSA) is 174 Å². The van der Waals surface area contributed by atoms with E-state index in [-0.39, 0.29) is 29.0 Å². The molecule has 1 amide bonds. The van der Waals surface area contributed by atoms with E-state index < -0.39 is 0 Å². The zero-order chi connectivity index (χ0) is 36.0. The van der Waals surface area contributed by atoms with Gasteiger partial charge in [-0.3, -0.25) is 9.59 Å². The molecule has 3 aromatic carbocycles. The van der Waals surface area contributed by atoms with Crippen molar-refractivity contribution < 1.29 is 19.4 Å². The fraction of sp³-hybridized carbons (Fsp3) is 0.282. The summed E-state index contributed by atoms with van der Waals surface area (Å²) in [6.07, 6.45) is 3.46. The number of nitrogen functional groups attached to an aromatic ring is 1. The first-order valence-corrected chi connectivity index (χ1v) is 17.1. The van der Waals surface area contributed by atoms with Crippen molar-refractivity contribution in [3.05, 3.63) is 100 Å². The molecular formula is C39H38N8O5. The lowest BCUT2D eigenvalue weighted by Gasteiger charge is -2.26. The summed E-state index contributed by atoms with van der Waals surface area (Å²) in [5.41, 5.74) is 9.97. The van der Waals surface area contributed by atoms with E-state index in [9.17, 15) is 14.7 Å². The maximum Gasteiger partial charge on any atom is 0.260 e. The predicted molar refractivity (Wildman–Crippen MR) is 197 cm³/mol. The number of aromatic amines is 1. The second-order valence-corrected chi connectivity index (χ2v) is 12.6. The number of H-pyrrole nitrogens is 1. The summed E-state index contributed by atoms with van der Waals surface area (Å²) in [7, 11) is 1.62. The largest absolute Gasteiger partial charge is 0.508 e. The molecule has 1 fully saturated rings. The summed E-state index contributed by atoms with van der Waals surface area (Å²) >= 11 is 0. The van der Waals surface area contributed by atoms with Crippen LogP contribution >= 0.6 is 0 Å². The number of methoxy groups -OCH3 is 1. The monoisotopic (exact) mass is 698 g/mol.